The third kappa shape index (κ3) is 2.26. The number of rotatable bonds is 6. The normalized spacial score (nSPS) is 26.6. The van der Waals surface area contributed by atoms with Gasteiger partial charge in [-0.25, -0.2) is 4.98 Å². The molecular formula is C25H21N3O3S. The van der Waals surface area contributed by atoms with E-state index in [1.54, 1.807) is 11.3 Å². The highest BCUT2D eigenvalue weighted by Crippen LogP contribution is 2.93. The SMILES string of the molecule is O=C(NC1(C23CC2(C(=O)O)C3)CC1)c1cccc2ccn(Cc3nc4ccccc4s3)c12. The first-order chi connectivity index (χ1) is 15.5. The van der Waals surface area contributed by atoms with Gasteiger partial charge in [-0.15, -0.1) is 11.3 Å². The van der Waals surface area contributed by atoms with Crippen LogP contribution in [-0.2, 0) is 11.3 Å². The van der Waals surface area contributed by atoms with Crippen LogP contribution in [0, 0.1) is 10.8 Å². The number of nitrogens with one attached hydrogen (secondary N) is 1. The van der Waals surface area contributed by atoms with Crippen molar-refractivity contribution in [2.45, 2.75) is 37.8 Å². The molecule has 2 aromatic carbocycles. The summed E-state index contributed by atoms with van der Waals surface area (Å²) < 4.78 is 3.25. The van der Waals surface area contributed by atoms with Gasteiger partial charge in [0.1, 0.15) is 5.01 Å². The van der Waals surface area contributed by atoms with Gasteiger partial charge in [-0.3, -0.25) is 9.59 Å². The Morgan fingerprint density at radius 3 is 2.62 bits per heavy atom. The molecule has 0 atom stereocenters. The molecule has 32 heavy (non-hydrogen) atoms. The zero-order valence-electron chi connectivity index (χ0n) is 17.3. The minimum absolute atomic E-state index is 0.107. The van der Waals surface area contributed by atoms with Gasteiger partial charge < -0.3 is 15.0 Å². The van der Waals surface area contributed by atoms with Gasteiger partial charge in [-0.05, 0) is 49.9 Å². The Balaban J connectivity index is 1.21. The molecule has 0 saturated heterocycles. The number of fused-ring (bicyclic) bond motifs is 3. The summed E-state index contributed by atoms with van der Waals surface area (Å²) in [5.41, 5.74) is 1.41. The van der Waals surface area contributed by atoms with Crippen LogP contribution in [0.2, 0.25) is 0 Å². The molecule has 3 aliphatic rings. The number of thiazole rings is 1. The van der Waals surface area contributed by atoms with E-state index in [9.17, 15) is 14.7 Å². The topological polar surface area (TPSA) is 84.2 Å². The number of hydrogen-bond donors (Lipinski definition) is 2. The van der Waals surface area contributed by atoms with E-state index in [0.29, 0.717) is 24.9 Å². The van der Waals surface area contributed by atoms with Crippen molar-refractivity contribution in [1.29, 1.82) is 0 Å². The monoisotopic (exact) mass is 443 g/mol. The number of carbonyl (C=O) groups is 2. The molecule has 2 heterocycles. The molecule has 0 unspecified atom stereocenters. The lowest BCUT2D eigenvalue weighted by Gasteiger charge is -2.21. The van der Waals surface area contributed by atoms with Crippen molar-refractivity contribution >= 4 is 44.3 Å². The highest BCUT2D eigenvalue weighted by atomic mass is 32.1. The molecule has 3 saturated carbocycles. The van der Waals surface area contributed by atoms with Crippen LogP contribution >= 0.6 is 11.3 Å². The van der Waals surface area contributed by atoms with Gasteiger partial charge >= 0.3 is 5.97 Å². The summed E-state index contributed by atoms with van der Waals surface area (Å²) in [4.78, 5) is 29.9. The predicted molar refractivity (Wildman–Crippen MR) is 122 cm³/mol. The van der Waals surface area contributed by atoms with Crippen molar-refractivity contribution in [3.05, 3.63) is 65.3 Å². The van der Waals surface area contributed by atoms with Crippen molar-refractivity contribution < 1.29 is 14.7 Å². The van der Waals surface area contributed by atoms with E-state index in [1.807, 2.05) is 48.7 Å². The highest BCUT2D eigenvalue weighted by Gasteiger charge is 2.95. The lowest BCUT2D eigenvalue weighted by atomic mass is 10.0. The Bertz CT molecular complexity index is 1420. The molecule has 1 amide bonds. The third-order valence-corrected chi connectivity index (χ3v) is 9.00. The number of para-hydroxylation sites is 2. The number of aromatic nitrogens is 2. The van der Waals surface area contributed by atoms with Crippen LogP contribution in [0.4, 0.5) is 0 Å². The number of nitrogens with zero attached hydrogens (tertiary/aromatic N) is 2. The quantitative estimate of drug-likeness (QED) is 0.462. The number of hydrogen-bond acceptors (Lipinski definition) is 4. The molecule has 3 aliphatic carbocycles. The minimum atomic E-state index is -0.704. The van der Waals surface area contributed by atoms with Gasteiger partial charge in [0.05, 0.1) is 33.3 Å². The van der Waals surface area contributed by atoms with Crippen LogP contribution in [0.1, 0.15) is 41.0 Å². The molecule has 0 radical (unpaired) electrons. The molecule has 3 fully saturated rings. The zero-order chi connectivity index (χ0) is 21.7. The second-order valence-electron chi connectivity index (χ2n) is 9.62. The summed E-state index contributed by atoms with van der Waals surface area (Å²) >= 11 is 1.67. The maximum atomic E-state index is 13.4. The second-order valence-corrected chi connectivity index (χ2v) is 10.7. The van der Waals surface area contributed by atoms with Gasteiger partial charge in [0, 0.05) is 22.5 Å². The van der Waals surface area contributed by atoms with Crippen LogP contribution in [0.15, 0.2) is 54.7 Å². The smallest absolute Gasteiger partial charge is 0.310 e. The molecular weight excluding hydrogens is 422 g/mol. The maximum Gasteiger partial charge on any atom is 0.310 e. The van der Waals surface area contributed by atoms with Crippen molar-refractivity contribution in [1.82, 2.24) is 14.9 Å². The van der Waals surface area contributed by atoms with E-state index in [1.165, 1.54) is 0 Å². The van der Waals surface area contributed by atoms with Crippen LogP contribution in [-0.4, -0.2) is 32.1 Å². The Labute approximate surface area is 187 Å². The average Bonchev–Trinajstić information content (AvgIpc) is 3.69. The molecule has 7 rings (SSSR count). The molecule has 0 spiro atoms. The van der Waals surface area contributed by atoms with Crippen LogP contribution in [0.5, 0.6) is 0 Å². The van der Waals surface area contributed by atoms with E-state index < -0.39 is 11.4 Å². The number of carboxylic acids is 1. The highest BCUT2D eigenvalue weighted by molar-refractivity contribution is 7.18. The third-order valence-electron chi connectivity index (χ3n) is 7.98. The summed E-state index contributed by atoms with van der Waals surface area (Å²) in [7, 11) is 0. The molecule has 2 N–H and O–H groups in total. The summed E-state index contributed by atoms with van der Waals surface area (Å²) in [5.74, 6) is -0.811. The Morgan fingerprint density at radius 2 is 1.91 bits per heavy atom. The summed E-state index contributed by atoms with van der Waals surface area (Å²) in [6.45, 7) is 0.602. The molecule has 2 aromatic heterocycles. The minimum Gasteiger partial charge on any atom is -0.481 e. The van der Waals surface area contributed by atoms with Gasteiger partial charge in [-0.2, -0.15) is 0 Å². The van der Waals surface area contributed by atoms with Crippen LogP contribution in [0.25, 0.3) is 21.1 Å². The number of amides is 1. The fourth-order valence-electron chi connectivity index (χ4n) is 5.88. The second kappa shape index (κ2) is 5.78. The Hall–Kier alpha value is -3.19. The maximum absolute atomic E-state index is 13.4. The molecule has 6 nitrogen and oxygen atoms in total. The van der Waals surface area contributed by atoms with E-state index >= 15 is 0 Å². The molecule has 0 aliphatic heterocycles. The number of benzene rings is 2. The largest absolute Gasteiger partial charge is 0.481 e. The van der Waals surface area contributed by atoms with E-state index in [4.69, 9.17) is 4.98 Å². The number of carbonyl (C=O) groups excluding carboxylic acids is 1. The summed E-state index contributed by atoms with van der Waals surface area (Å²) in [5, 5.41) is 14.9. The Kier molecular flexibility index (Phi) is 3.32. The molecule has 160 valence electrons. The zero-order valence-corrected chi connectivity index (χ0v) is 18.1. The van der Waals surface area contributed by atoms with Crippen molar-refractivity contribution in [2.24, 2.45) is 10.8 Å². The van der Waals surface area contributed by atoms with Gasteiger partial charge in [-0.1, -0.05) is 24.3 Å². The Morgan fingerprint density at radius 1 is 1.09 bits per heavy atom. The van der Waals surface area contributed by atoms with E-state index in [2.05, 4.69) is 16.0 Å². The van der Waals surface area contributed by atoms with E-state index in [0.717, 1.165) is 39.0 Å². The first-order valence-electron chi connectivity index (χ1n) is 11.0. The van der Waals surface area contributed by atoms with Crippen molar-refractivity contribution in [3.8, 4) is 0 Å². The standard InChI is InChI=1S/C25H21N3O3S/c29-21(27-25(9-10-25)24-13-23(24,14-24)22(30)31)16-5-3-4-15-8-11-28(20(15)16)12-19-26-17-6-1-2-7-18(17)32-19/h1-8,11H,9-10,12-14H2,(H,27,29)(H,30,31). The van der Waals surface area contributed by atoms with Crippen LogP contribution < -0.4 is 5.32 Å². The van der Waals surface area contributed by atoms with Gasteiger partial charge in [0.25, 0.3) is 5.91 Å². The van der Waals surface area contributed by atoms with Crippen molar-refractivity contribution in [2.75, 3.05) is 0 Å². The van der Waals surface area contributed by atoms with E-state index in [-0.39, 0.29) is 16.9 Å². The summed E-state index contributed by atoms with van der Waals surface area (Å²) in [6.07, 6.45) is 5.16. The predicted octanol–water partition coefficient (Wildman–Crippen LogP) is 4.43. The lowest BCUT2D eigenvalue weighted by Crippen LogP contribution is -2.41. The fraction of sp³-hybridized carbons (Fsp3) is 0.320. The molecule has 0 bridgehead atoms. The average molecular weight is 444 g/mol. The van der Waals surface area contributed by atoms with Crippen molar-refractivity contribution in [3.63, 3.8) is 0 Å². The fourth-order valence-corrected chi connectivity index (χ4v) is 6.85. The summed E-state index contributed by atoms with van der Waals surface area (Å²) in [6, 6.07) is 15.9. The van der Waals surface area contributed by atoms with Gasteiger partial charge in [0.2, 0.25) is 0 Å². The number of aliphatic carboxylic acids is 1. The number of carboxylic acid groups (broad SMARTS) is 1. The van der Waals surface area contributed by atoms with Crippen LogP contribution in [0.3, 0.4) is 0 Å². The van der Waals surface area contributed by atoms with Gasteiger partial charge in [0.15, 0.2) is 0 Å². The molecule has 4 aromatic rings. The lowest BCUT2D eigenvalue weighted by molar-refractivity contribution is -0.141. The molecule has 7 heteroatoms. The first kappa shape index (κ1) is 18.4. The first-order valence-corrected chi connectivity index (χ1v) is 11.8.